The summed E-state index contributed by atoms with van der Waals surface area (Å²) >= 11 is 0. The summed E-state index contributed by atoms with van der Waals surface area (Å²) in [6.45, 7) is 3.89. The first-order valence-electron chi connectivity index (χ1n) is 9.07. The fraction of sp³-hybridized carbons (Fsp3) is 0.875. The van der Waals surface area contributed by atoms with Gasteiger partial charge < -0.3 is 15.1 Å². The zero-order valence-electron chi connectivity index (χ0n) is 14.8. The van der Waals surface area contributed by atoms with Crippen LogP contribution < -0.4 is 5.32 Å². The standard InChI is InChI=1S/C16H28N4O4S/c1-18-6-4-13(9-18)8-17-16(22)14-10-19(11-14)15(21)12-20-5-2-3-7-25(20,23)24/h13-14H,2-12H2,1H3,(H,17,22). The lowest BCUT2D eigenvalue weighted by atomic mass is 9.98. The first kappa shape index (κ1) is 18.6. The van der Waals surface area contributed by atoms with E-state index in [1.165, 1.54) is 4.31 Å². The predicted molar refractivity (Wildman–Crippen MR) is 93.3 cm³/mol. The van der Waals surface area contributed by atoms with Crippen molar-refractivity contribution >= 4 is 21.8 Å². The third-order valence-corrected chi connectivity index (χ3v) is 7.33. The summed E-state index contributed by atoms with van der Waals surface area (Å²) < 4.78 is 25.2. The zero-order valence-corrected chi connectivity index (χ0v) is 15.6. The van der Waals surface area contributed by atoms with Gasteiger partial charge in [-0.2, -0.15) is 4.31 Å². The predicted octanol–water partition coefficient (Wildman–Crippen LogP) is -1.06. The Morgan fingerprint density at radius 1 is 1.12 bits per heavy atom. The highest BCUT2D eigenvalue weighted by Gasteiger charge is 2.38. The Bertz CT molecular complexity index is 618. The van der Waals surface area contributed by atoms with Gasteiger partial charge >= 0.3 is 0 Å². The van der Waals surface area contributed by atoms with E-state index in [1.807, 2.05) is 0 Å². The van der Waals surface area contributed by atoms with Crippen molar-refractivity contribution in [2.45, 2.75) is 19.3 Å². The SMILES string of the molecule is CN1CCC(CNC(=O)C2CN(C(=O)CN3CCCCS3(=O)=O)C2)C1. The average Bonchev–Trinajstić information content (AvgIpc) is 2.91. The molecule has 0 aromatic rings. The van der Waals surface area contributed by atoms with Gasteiger partial charge in [-0.1, -0.05) is 0 Å². The molecule has 8 nitrogen and oxygen atoms in total. The normalized spacial score (nSPS) is 27.9. The summed E-state index contributed by atoms with van der Waals surface area (Å²) in [6, 6.07) is 0. The molecule has 0 bridgehead atoms. The van der Waals surface area contributed by atoms with Crippen molar-refractivity contribution in [3.05, 3.63) is 0 Å². The van der Waals surface area contributed by atoms with Gasteiger partial charge in [0.1, 0.15) is 0 Å². The molecule has 1 N–H and O–H groups in total. The third-order valence-electron chi connectivity index (χ3n) is 5.42. The molecule has 1 atom stereocenters. The molecule has 0 aromatic carbocycles. The highest BCUT2D eigenvalue weighted by Crippen LogP contribution is 2.19. The van der Waals surface area contributed by atoms with Gasteiger partial charge in [-0.15, -0.1) is 0 Å². The average molecular weight is 372 g/mol. The molecule has 3 fully saturated rings. The fourth-order valence-corrected chi connectivity index (χ4v) is 5.24. The van der Waals surface area contributed by atoms with Gasteiger partial charge in [-0.3, -0.25) is 9.59 Å². The summed E-state index contributed by atoms with van der Waals surface area (Å²) in [7, 11) is -1.20. The first-order valence-corrected chi connectivity index (χ1v) is 10.7. The molecular formula is C16H28N4O4S. The van der Waals surface area contributed by atoms with E-state index in [4.69, 9.17) is 0 Å². The number of hydrogen-bond acceptors (Lipinski definition) is 5. The molecule has 3 aliphatic heterocycles. The van der Waals surface area contributed by atoms with Crippen LogP contribution in [0.4, 0.5) is 0 Å². The van der Waals surface area contributed by atoms with E-state index in [-0.39, 0.29) is 30.0 Å². The molecule has 1 unspecified atom stereocenters. The van der Waals surface area contributed by atoms with Crippen LogP contribution >= 0.6 is 0 Å². The van der Waals surface area contributed by atoms with Crippen LogP contribution in [0.25, 0.3) is 0 Å². The van der Waals surface area contributed by atoms with Crippen molar-refractivity contribution in [1.29, 1.82) is 0 Å². The second kappa shape index (κ2) is 7.59. The molecule has 3 heterocycles. The Kier molecular flexibility index (Phi) is 5.65. The molecule has 3 rings (SSSR count). The van der Waals surface area contributed by atoms with Gasteiger partial charge in [0.15, 0.2) is 0 Å². The van der Waals surface area contributed by atoms with E-state index < -0.39 is 10.0 Å². The van der Waals surface area contributed by atoms with Crippen LogP contribution in [0.15, 0.2) is 0 Å². The van der Waals surface area contributed by atoms with Gasteiger partial charge in [-0.25, -0.2) is 8.42 Å². The van der Waals surface area contributed by atoms with Gasteiger partial charge in [0.05, 0.1) is 18.2 Å². The van der Waals surface area contributed by atoms with Gasteiger partial charge in [0.2, 0.25) is 21.8 Å². The molecule has 0 aromatic heterocycles. The van der Waals surface area contributed by atoms with Crippen molar-refractivity contribution in [2.24, 2.45) is 11.8 Å². The number of nitrogens with one attached hydrogen (secondary N) is 1. The summed E-state index contributed by atoms with van der Waals surface area (Å²) in [5.41, 5.74) is 0. The minimum absolute atomic E-state index is 0.00389. The molecule has 3 saturated heterocycles. The van der Waals surface area contributed by atoms with Crippen LogP contribution in [0.5, 0.6) is 0 Å². The number of carbonyl (C=O) groups excluding carboxylic acids is 2. The Labute approximate surface area is 149 Å². The van der Waals surface area contributed by atoms with E-state index in [0.717, 1.165) is 25.9 Å². The van der Waals surface area contributed by atoms with Crippen LogP contribution in [-0.2, 0) is 19.6 Å². The van der Waals surface area contributed by atoms with E-state index in [9.17, 15) is 18.0 Å². The topological polar surface area (TPSA) is 90.0 Å². The van der Waals surface area contributed by atoms with Gasteiger partial charge in [0.25, 0.3) is 0 Å². The number of carbonyl (C=O) groups is 2. The highest BCUT2D eigenvalue weighted by molar-refractivity contribution is 7.89. The van der Waals surface area contributed by atoms with Gasteiger partial charge in [0, 0.05) is 32.7 Å². The number of likely N-dealkylation sites (tertiary alicyclic amines) is 2. The second-order valence-corrected chi connectivity index (χ2v) is 9.60. The summed E-state index contributed by atoms with van der Waals surface area (Å²) in [4.78, 5) is 28.2. The fourth-order valence-electron chi connectivity index (χ4n) is 3.70. The zero-order chi connectivity index (χ0) is 18.0. The minimum atomic E-state index is -3.29. The Hall–Kier alpha value is -1.19. The van der Waals surface area contributed by atoms with Crippen molar-refractivity contribution in [3.63, 3.8) is 0 Å². The summed E-state index contributed by atoms with van der Waals surface area (Å²) in [5, 5.41) is 2.99. The maximum atomic E-state index is 12.2. The monoisotopic (exact) mass is 372 g/mol. The molecule has 0 saturated carbocycles. The van der Waals surface area contributed by atoms with Crippen LogP contribution in [0.1, 0.15) is 19.3 Å². The lowest BCUT2D eigenvalue weighted by molar-refractivity contribution is -0.143. The van der Waals surface area contributed by atoms with E-state index in [2.05, 4.69) is 17.3 Å². The van der Waals surface area contributed by atoms with Crippen LogP contribution in [0.3, 0.4) is 0 Å². The number of rotatable bonds is 5. The lowest BCUT2D eigenvalue weighted by Gasteiger charge is -2.39. The number of hydrogen-bond donors (Lipinski definition) is 1. The van der Waals surface area contributed by atoms with Crippen LogP contribution in [0.2, 0.25) is 0 Å². The minimum Gasteiger partial charge on any atom is -0.355 e. The van der Waals surface area contributed by atoms with Gasteiger partial charge in [-0.05, 0) is 38.8 Å². The Morgan fingerprint density at radius 3 is 2.52 bits per heavy atom. The van der Waals surface area contributed by atoms with Crippen LogP contribution in [-0.4, -0.2) is 93.0 Å². The molecule has 25 heavy (non-hydrogen) atoms. The first-order chi connectivity index (χ1) is 11.8. The van der Waals surface area contributed by atoms with Crippen LogP contribution in [0, 0.1) is 11.8 Å². The maximum Gasteiger partial charge on any atom is 0.237 e. The number of nitrogens with zero attached hydrogens (tertiary/aromatic N) is 3. The maximum absolute atomic E-state index is 12.2. The highest BCUT2D eigenvalue weighted by atomic mass is 32.2. The van der Waals surface area contributed by atoms with E-state index >= 15 is 0 Å². The molecule has 142 valence electrons. The second-order valence-electron chi connectivity index (χ2n) is 7.51. The summed E-state index contributed by atoms with van der Waals surface area (Å²) in [6.07, 6.45) is 2.57. The quantitative estimate of drug-likeness (QED) is 0.664. The van der Waals surface area contributed by atoms with Crippen molar-refractivity contribution < 1.29 is 18.0 Å². The summed E-state index contributed by atoms with van der Waals surface area (Å²) in [5.74, 6) is 0.273. The smallest absolute Gasteiger partial charge is 0.237 e. The largest absolute Gasteiger partial charge is 0.355 e. The molecular weight excluding hydrogens is 344 g/mol. The molecule has 0 spiro atoms. The molecule has 2 amide bonds. The van der Waals surface area contributed by atoms with E-state index in [1.54, 1.807) is 4.90 Å². The van der Waals surface area contributed by atoms with Crippen molar-refractivity contribution in [3.8, 4) is 0 Å². The molecule has 3 aliphatic rings. The molecule has 0 radical (unpaired) electrons. The number of sulfonamides is 1. The van der Waals surface area contributed by atoms with Crippen molar-refractivity contribution in [2.75, 3.05) is 58.6 Å². The Balaban J connectivity index is 1.38. The Morgan fingerprint density at radius 2 is 1.88 bits per heavy atom. The molecule has 9 heteroatoms. The number of amides is 2. The van der Waals surface area contributed by atoms with E-state index in [0.29, 0.717) is 38.5 Å². The lowest BCUT2D eigenvalue weighted by Crippen LogP contribution is -2.58. The third kappa shape index (κ3) is 4.51. The molecule has 0 aliphatic carbocycles. The van der Waals surface area contributed by atoms with Crippen molar-refractivity contribution in [1.82, 2.24) is 19.4 Å².